The number of hydrogen-bond acceptors (Lipinski definition) is 12. The molecule has 5 amide bonds. The van der Waals surface area contributed by atoms with Crippen LogP contribution in [0.5, 0.6) is 5.75 Å². The number of ether oxygens (including phenoxy) is 3. The highest BCUT2D eigenvalue weighted by Gasteiger charge is 2.59. The van der Waals surface area contributed by atoms with E-state index in [2.05, 4.69) is 51.3 Å². The number of rotatable bonds is 23. The third-order valence-corrected chi connectivity index (χ3v) is 16.3. The van der Waals surface area contributed by atoms with Crippen LogP contribution in [-0.4, -0.2) is 72.5 Å². The molecule has 17 heteroatoms. The van der Waals surface area contributed by atoms with Gasteiger partial charge in [-0.25, -0.2) is 4.79 Å². The molecule has 0 radical (unpaired) electrons. The van der Waals surface area contributed by atoms with E-state index in [1.54, 1.807) is 5.57 Å². The number of anilines is 1. The van der Waals surface area contributed by atoms with Crippen molar-refractivity contribution in [3.8, 4) is 5.75 Å². The number of nitrogens with zero attached hydrogens (tertiary/aromatic N) is 2. The van der Waals surface area contributed by atoms with Crippen LogP contribution < -0.4 is 31.7 Å². The molecule has 0 bridgehead atoms. The van der Waals surface area contributed by atoms with Gasteiger partial charge in [0.1, 0.15) is 18.9 Å². The van der Waals surface area contributed by atoms with Crippen molar-refractivity contribution in [3.05, 3.63) is 75.9 Å². The van der Waals surface area contributed by atoms with Crippen molar-refractivity contribution in [3.63, 3.8) is 0 Å². The van der Waals surface area contributed by atoms with Crippen LogP contribution in [0.1, 0.15) is 136 Å². The van der Waals surface area contributed by atoms with E-state index in [4.69, 9.17) is 25.7 Å². The molecule has 2 aromatic rings. The zero-order valence-electron chi connectivity index (χ0n) is 42.3. The number of nitro groups is 1. The van der Waals surface area contributed by atoms with Crippen LogP contribution in [0.2, 0.25) is 0 Å². The number of fused-ring (bicyclic) bond motifs is 5. The fourth-order valence-corrected chi connectivity index (χ4v) is 12.5. The van der Waals surface area contributed by atoms with Gasteiger partial charge >= 0.3 is 6.16 Å². The van der Waals surface area contributed by atoms with Gasteiger partial charge in [-0.1, -0.05) is 77.7 Å². The number of carbonyl (C=O) groups excluding carboxylic acids is 6. The third kappa shape index (κ3) is 14.3. The highest BCUT2D eigenvalue weighted by molar-refractivity contribution is 6.05. The highest BCUT2D eigenvalue weighted by atomic mass is 16.7. The second-order valence-electron chi connectivity index (χ2n) is 21.5. The topological polar surface area (TPSA) is 253 Å². The van der Waals surface area contributed by atoms with Gasteiger partial charge in [0.25, 0.3) is 5.69 Å². The van der Waals surface area contributed by atoms with Gasteiger partial charge in [-0.05, 0) is 134 Å². The van der Waals surface area contributed by atoms with Crippen LogP contribution in [0.4, 0.5) is 16.2 Å². The predicted molar refractivity (Wildman–Crippen MR) is 267 cm³/mol. The summed E-state index contributed by atoms with van der Waals surface area (Å²) in [5, 5.41) is 15.9. The quantitative estimate of drug-likeness (QED) is 0.0205. The fraction of sp³-hybridized carbons (Fsp3) is 0.630. The van der Waals surface area contributed by atoms with Gasteiger partial charge in [0.2, 0.25) is 29.5 Å². The van der Waals surface area contributed by atoms with Crippen LogP contribution in [-0.2, 0) is 40.1 Å². The minimum atomic E-state index is -1.39. The molecule has 0 spiro atoms. The maximum Gasteiger partial charge on any atom is 0.514 e. The van der Waals surface area contributed by atoms with Crippen LogP contribution in [0, 0.1) is 56.5 Å². The Morgan fingerprint density at radius 2 is 1.59 bits per heavy atom. The molecule has 6 N–H and O–H groups in total. The minimum Gasteiger partial charge on any atom is -0.429 e. The Labute approximate surface area is 418 Å². The first-order chi connectivity index (χ1) is 33.8. The average molecular weight is 985 g/mol. The van der Waals surface area contributed by atoms with E-state index in [-0.39, 0.29) is 54.0 Å². The Kier molecular flexibility index (Phi) is 19.0. The first kappa shape index (κ1) is 54.6. The number of non-ortho nitro benzene ring substituents is 1. The van der Waals surface area contributed by atoms with Crippen molar-refractivity contribution in [2.24, 2.45) is 57.8 Å². The molecular formula is C54H76N6O11. The molecule has 9 atom stereocenters. The summed E-state index contributed by atoms with van der Waals surface area (Å²) in [4.78, 5) is 86.8. The van der Waals surface area contributed by atoms with E-state index in [0.29, 0.717) is 30.6 Å². The smallest absolute Gasteiger partial charge is 0.429 e. The maximum atomic E-state index is 13.3. The molecule has 17 nitrogen and oxygen atoms in total. The SMILES string of the molecule is CC(C)CCC[C@@H](C)[C@H]1CCC2C3CC=C4C[C@@H](OCCCNC(=O)CCC(=O)NC(=O)CN(C(=O)[C@@H](N)CC(N)=O)c5ccc(COC(=O)Oc6ccc([N+](=O)[O-])cc6)cc5)CC[C@]4(C)C3CC[C@@]21C. The monoisotopic (exact) mass is 985 g/mol. The number of nitro benzene ring substituents is 1. The fourth-order valence-electron chi connectivity index (χ4n) is 12.5. The van der Waals surface area contributed by atoms with E-state index in [1.807, 2.05) is 0 Å². The molecule has 4 aliphatic rings. The summed E-state index contributed by atoms with van der Waals surface area (Å²) in [6.45, 7) is 12.4. The molecule has 0 saturated heterocycles. The largest absolute Gasteiger partial charge is 0.514 e. The van der Waals surface area contributed by atoms with Crippen LogP contribution in [0.15, 0.2) is 60.2 Å². The molecular weight excluding hydrogens is 909 g/mol. The van der Waals surface area contributed by atoms with Crippen molar-refractivity contribution in [1.82, 2.24) is 10.6 Å². The average Bonchev–Trinajstić information content (AvgIpc) is 3.69. The predicted octanol–water partition coefficient (Wildman–Crippen LogP) is 8.20. The lowest BCUT2D eigenvalue weighted by molar-refractivity contribution is -0.384. The van der Waals surface area contributed by atoms with Crippen molar-refractivity contribution in [2.45, 2.75) is 150 Å². The summed E-state index contributed by atoms with van der Waals surface area (Å²) >= 11 is 0. The first-order valence-electron chi connectivity index (χ1n) is 25.7. The molecule has 0 heterocycles. The molecule has 0 aliphatic heterocycles. The standard InChI is InChI=1S/C54H76N6O11/c1-34(2)8-6-9-35(3)43-20-21-44-42-19-12-37-30-41(24-26-53(37,4)45(42)25-27-54(43,44)5)69-29-7-28-57-48(62)22-23-49(63)58-50(64)32-59(51(65)46(55)31-47(56)61)38-13-10-36(11-14-38)33-70-52(66)71-40-17-15-39(16-18-40)60(67)68/h10-18,34-35,41-46H,6-9,19-33,55H2,1-5H3,(H2,56,61)(H,57,62)(H,58,63,64)/t35-,41+,42?,43-,44?,45?,46+,53+,54-/m1/s1. The lowest BCUT2D eigenvalue weighted by atomic mass is 9.47. The molecule has 3 fully saturated rings. The number of primary amides is 1. The summed E-state index contributed by atoms with van der Waals surface area (Å²) in [7, 11) is 0. The number of nitrogens with two attached hydrogens (primary N) is 2. The summed E-state index contributed by atoms with van der Waals surface area (Å²) in [6.07, 6.45) is 15.3. The second kappa shape index (κ2) is 24.6. The van der Waals surface area contributed by atoms with Crippen LogP contribution >= 0.6 is 0 Å². The second-order valence-corrected chi connectivity index (χ2v) is 21.5. The van der Waals surface area contributed by atoms with Crippen molar-refractivity contribution in [1.29, 1.82) is 0 Å². The summed E-state index contributed by atoms with van der Waals surface area (Å²) in [5.41, 5.74) is 14.0. The summed E-state index contributed by atoms with van der Waals surface area (Å²) in [5.74, 6) is 1.27. The Hall–Kier alpha value is -5.68. The van der Waals surface area contributed by atoms with Gasteiger partial charge in [0.05, 0.1) is 23.5 Å². The van der Waals surface area contributed by atoms with Gasteiger partial charge in [0, 0.05) is 43.8 Å². The molecule has 3 saturated carbocycles. The lowest BCUT2D eigenvalue weighted by Gasteiger charge is -2.58. The Bertz CT molecular complexity index is 2250. The maximum absolute atomic E-state index is 13.3. The molecule has 4 aliphatic carbocycles. The van der Waals surface area contributed by atoms with E-state index in [1.165, 1.54) is 99.9 Å². The molecule has 3 unspecified atom stereocenters. The van der Waals surface area contributed by atoms with E-state index in [0.717, 1.165) is 59.7 Å². The Morgan fingerprint density at radius 1 is 0.873 bits per heavy atom. The van der Waals surface area contributed by atoms with Crippen molar-refractivity contribution < 1.29 is 47.9 Å². The van der Waals surface area contributed by atoms with E-state index >= 15 is 0 Å². The van der Waals surface area contributed by atoms with Gasteiger partial charge in [-0.2, -0.15) is 0 Å². The lowest BCUT2D eigenvalue weighted by Crippen LogP contribution is -2.51. The molecule has 0 aromatic heterocycles. The first-order valence-corrected chi connectivity index (χ1v) is 25.7. The van der Waals surface area contributed by atoms with Crippen LogP contribution in [0.3, 0.4) is 0 Å². The summed E-state index contributed by atoms with van der Waals surface area (Å²) < 4.78 is 16.5. The molecule has 388 valence electrons. The number of allylic oxidation sites excluding steroid dienone is 1. The Balaban J connectivity index is 0.894. The van der Waals surface area contributed by atoms with Crippen molar-refractivity contribution >= 4 is 47.1 Å². The van der Waals surface area contributed by atoms with Gasteiger partial charge < -0.3 is 35.9 Å². The number of hydrogen-bond donors (Lipinski definition) is 4. The number of carbonyl (C=O) groups is 6. The third-order valence-electron chi connectivity index (χ3n) is 16.3. The number of benzene rings is 2. The van der Waals surface area contributed by atoms with Crippen molar-refractivity contribution in [2.75, 3.05) is 24.6 Å². The van der Waals surface area contributed by atoms with Gasteiger partial charge in [-0.3, -0.25) is 39.4 Å². The van der Waals surface area contributed by atoms with E-state index in [9.17, 15) is 38.9 Å². The minimum absolute atomic E-state index is 0.0329. The molecule has 6 rings (SSSR count). The number of amides is 5. The normalized spacial score (nSPS) is 25.3. The highest BCUT2D eigenvalue weighted by Crippen LogP contribution is 2.67. The molecule has 71 heavy (non-hydrogen) atoms. The van der Waals surface area contributed by atoms with Gasteiger partial charge in [0.15, 0.2) is 0 Å². The van der Waals surface area contributed by atoms with Gasteiger partial charge in [-0.15, -0.1) is 0 Å². The summed E-state index contributed by atoms with van der Waals surface area (Å²) in [6, 6.07) is 9.32. The van der Waals surface area contributed by atoms with E-state index < -0.39 is 53.7 Å². The zero-order chi connectivity index (χ0) is 51.5. The zero-order valence-corrected chi connectivity index (χ0v) is 42.3. The number of nitrogens with one attached hydrogen (secondary N) is 2. The Morgan fingerprint density at radius 3 is 2.28 bits per heavy atom. The van der Waals surface area contributed by atoms with Crippen LogP contribution in [0.25, 0.3) is 0 Å². The molecule has 2 aromatic carbocycles. The number of imide groups is 1.